The number of aromatic carboxylic acids is 1. The summed E-state index contributed by atoms with van der Waals surface area (Å²) >= 11 is 4.98. The molecule has 3 nitrogen and oxygen atoms in total. The number of aryl methyl sites for hydroxylation is 1. The third-order valence-corrected chi connectivity index (χ3v) is 4.01. The summed E-state index contributed by atoms with van der Waals surface area (Å²) in [5.74, 6) is -0.923. The van der Waals surface area contributed by atoms with Crippen molar-refractivity contribution in [3.05, 3.63) is 39.3 Å². The molecule has 0 fully saturated rings. The van der Waals surface area contributed by atoms with E-state index in [1.165, 1.54) is 0 Å². The highest BCUT2D eigenvalue weighted by atomic mass is 79.9. The first-order chi connectivity index (χ1) is 8.11. The molecule has 17 heavy (non-hydrogen) atoms. The van der Waals surface area contributed by atoms with Crippen LogP contribution in [0.25, 0.3) is 10.6 Å². The number of rotatable bonds is 3. The van der Waals surface area contributed by atoms with Gasteiger partial charge in [-0.1, -0.05) is 6.92 Å². The second-order valence-corrected chi connectivity index (χ2v) is 5.92. The molecule has 2 heterocycles. The van der Waals surface area contributed by atoms with Crippen LogP contribution in [0, 0.1) is 0 Å². The van der Waals surface area contributed by atoms with Crippen LogP contribution < -0.4 is 0 Å². The molecule has 2 aromatic rings. The number of nitrogens with zero attached hydrogens (tertiary/aromatic N) is 1. The van der Waals surface area contributed by atoms with Crippen molar-refractivity contribution in [1.29, 1.82) is 0 Å². The Bertz CT molecular complexity index is 565. The average molecular weight is 312 g/mol. The molecule has 2 aromatic heterocycles. The van der Waals surface area contributed by atoms with E-state index in [-0.39, 0.29) is 5.56 Å². The van der Waals surface area contributed by atoms with Crippen LogP contribution in [0.3, 0.4) is 0 Å². The highest BCUT2D eigenvalue weighted by molar-refractivity contribution is 9.11. The van der Waals surface area contributed by atoms with E-state index in [2.05, 4.69) is 20.9 Å². The molecule has 0 unspecified atom stereocenters. The van der Waals surface area contributed by atoms with Crippen LogP contribution >= 0.6 is 27.3 Å². The monoisotopic (exact) mass is 311 g/mol. The number of carboxylic acids is 1. The zero-order valence-electron chi connectivity index (χ0n) is 9.11. The van der Waals surface area contributed by atoms with Crippen LogP contribution in [-0.4, -0.2) is 16.1 Å². The summed E-state index contributed by atoms with van der Waals surface area (Å²) in [4.78, 5) is 16.4. The first-order valence-corrected chi connectivity index (χ1v) is 6.71. The molecule has 0 bridgehead atoms. The van der Waals surface area contributed by atoms with Crippen LogP contribution in [0.5, 0.6) is 0 Å². The molecule has 5 heteroatoms. The number of hydrogen-bond acceptors (Lipinski definition) is 3. The Kier molecular flexibility index (Phi) is 3.59. The molecule has 0 radical (unpaired) electrons. The quantitative estimate of drug-likeness (QED) is 0.937. The molecule has 0 spiro atoms. The second kappa shape index (κ2) is 4.98. The number of halogens is 1. The van der Waals surface area contributed by atoms with Gasteiger partial charge in [0, 0.05) is 0 Å². The lowest BCUT2D eigenvalue weighted by atomic mass is 10.1. The van der Waals surface area contributed by atoms with E-state index in [0.29, 0.717) is 12.1 Å². The third-order valence-electron chi connectivity index (χ3n) is 2.37. The van der Waals surface area contributed by atoms with E-state index in [4.69, 9.17) is 5.11 Å². The number of thiophene rings is 1. The normalized spacial score (nSPS) is 10.5. The summed E-state index contributed by atoms with van der Waals surface area (Å²) in [7, 11) is 0. The Morgan fingerprint density at radius 1 is 1.41 bits per heavy atom. The van der Waals surface area contributed by atoms with Crippen molar-refractivity contribution in [2.45, 2.75) is 13.3 Å². The van der Waals surface area contributed by atoms with E-state index in [1.54, 1.807) is 23.5 Å². The maximum atomic E-state index is 11.0. The van der Waals surface area contributed by atoms with Crippen molar-refractivity contribution < 1.29 is 9.90 Å². The standard InChI is InChI=1S/C12H10BrNO2S/c1-2-8-7(12(15)16)3-4-9(14-8)10-5-6-11(13)17-10/h3-6H,2H2,1H3,(H,15,16). The van der Waals surface area contributed by atoms with Gasteiger partial charge in [-0.3, -0.25) is 4.98 Å². The molecule has 0 saturated carbocycles. The van der Waals surface area contributed by atoms with Crippen molar-refractivity contribution >= 4 is 33.2 Å². The van der Waals surface area contributed by atoms with Gasteiger partial charge in [-0.05, 0) is 46.6 Å². The van der Waals surface area contributed by atoms with Gasteiger partial charge in [0.2, 0.25) is 0 Å². The minimum absolute atomic E-state index is 0.284. The van der Waals surface area contributed by atoms with Crippen LogP contribution in [-0.2, 0) is 6.42 Å². The molecule has 0 atom stereocenters. The van der Waals surface area contributed by atoms with Gasteiger partial charge in [0.15, 0.2) is 0 Å². The predicted octanol–water partition coefficient (Wildman–Crippen LogP) is 3.83. The van der Waals surface area contributed by atoms with Crippen molar-refractivity contribution in [2.75, 3.05) is 0 Å². The fourth-order valence-corrected chi connectivity index (χ4v) is 2.91. The fourth-order valence-electron chi connectivity index (χ4n) is 1.55. The van der Waals surface area contributed by atoms with Crippen LogP contribution in [0.4, 0.5) is 0 Å². The first kappa shape index (κ1) is 12.3. The van der Waals surface area contributed by atoms with Gasteiger partial charge >= 0.3 is 5.97 Å². The molecular weight excluding hydrogens is 302 g/mol. The summed E-state index contributed by atoms with van der Waals surface area (Å²) in [6.07, 6.45) is 0.613. The van der Waals surface area contributed by atoms with Gasteiger partial charge in [0.05, 0.1) is 25.6 Å². The van der Waals surface area contributed by atoms with Crippen LogP contribution in [0.2, 0.25) is 0 Å². The molecule has 0 aliphatic rings. The Hall–Kier alpha value is -1.20. The lowest BCUT2D eigenvalue weighted by Crippen LogP contribution is -2.04. The summed E-state index contributed by atoms with van der Waals surface area (Å²) in [6.45, 7) is 1.91. The van der Waals surface area contributed by atoms with Gasteiger partial charge in [-0.2, -0.15) is 0 Å². The Morgan fingerprint density at radius 3 is 2.71 bits per heavy atom. The zero-order chi connectivity index (χ0) is 12.4. The maximum Gasteiger partial charge on any atom is 0.337 e. The molecule has 0 aliphatic heterocycles. The topological polar surface area (TPSA) is 50.2 Å². The van der Waals surface area contributed by atoms with E-state index in [0.717, 1.165) is 14.4 Å². The summed E-state index contributed by atoms with van der Waals surface area (Å²) in [5, 5.41) is 9.02. The van der Waals surface area contributed by atoms with Crippen molar-refractivity contribution in [3.63, 3.8) is 0 Å². The maximum absolute atomic E-state index is 11.0. The number of hydrogen-bond donors (Lipinski definition) is 1. The minimum atomic E-state index is -0.923. The molecule has 0 aromatic carbocycles. The number of pyridine rings is 1. The summed E-state index contributed by atoms with van der Waals surface area (Å²) in [5.41, 5.74) is 1.73. The van der Waals surface area contributed by atoms with Crippen molar-refractivity contribution in [3.8, 4) is 10.6 Å². The molecule has 0 amide bonds. The van der Waals surface area contributed by atoms with Gasteiger partial charge in [-0.25, -0.2) is 4.79 Å². The molecule has 2 rings (SSSR count). The Morgan fingerprint density at radius 2 is 2.18 bits per heavy atom. The highest BCUT2D eigenvalue weighted by Crippen LogP contribution is 2.30. The lowest BCUT2D eigenvalue weighted by molar-refractivity contribution is 0.0695. The lowest BCUT2D eigenvalue weighted by Gasteiger charge is -2.04. The molecule has 0 saturated heterocycles. The molecular formula is C12H10BrNO2S. The highest BCUT2D eigenvalue weighted by Gasteiger charge is 2.12. The van der Waals surface area contributed by atoms with Crippen molar-refractivity contribution in [2.24, 2.45) is 0 Å². The number of carboxylic acid groups (broad SMARTS) is 1. The summed E-state index contributed by atoms with van der Waals surface area (Å²) < 4.78 is 1.04. The Labute approximate surface area is 111 Å². The van der Waals surface area contributed by atoms with E-state index in [9.17, 15) is 4.79 Å². The van der Waals surface area contributed by atoms with E-state index < -0.39 is 5.97 Å². The van der Waals surface area contributed by atoms with Gasteiger partial charge in [-0.15, -0.1) is 11.3 Å². The smallest absolute Gasteiger partial charge is 0.337 e. The first-order valence-electron chi connectivity index (χ1n) is 5.10. The van der Waals surface area contributed by atoms with Gasteiger partial charge in [0.1, 0.15) is 0 Å². The van der Waals surface area contributed by atoms with Crippen LogP contribution in [0.15, 0.2) is 28.1 Å². The number of carbonyl (C=O) groups is 1. The number of aromatic nitrogens is 1. The SMILES string of the molecule is CCc1nc(-c2ccc(Br)s2)ccc1C(=O)O. The zero-order valence-corrected chi connectivity index (χ0v) is 11.5. The van der Waals surface area contributed by atoms with Gasteiger partial charge in [0.25, 0.3) is 0 Å². The van der Waals surface area contributed by atoms with Gasteiger partial charge < -0.3 is 5.11 Å². The fraction of sp³-hybridized carbons (Fsp3) is 0.167. The predicted molar refractivity (Wildman–Crippen MR) is 71.6 cm³/mol. The molecule has 1 N–H and O–H groups in total. The van der Waals surface area contributed by atoms with Crippen LogP contribution in [0.1, 0.15) is 23.0 Å². The molecule has 88 valence electrons. The van der Waals surface area contributed by atoms with E-state index in [1.807, 2.05) is 19.1 Å². The summed E-state index contributed by atoms with van der Waals surface area (Å²) in [6, 6.07) is 7.30. The minimum Gasteiger partial charge on any atom is -0.478 e. The Balaban J connectivity index is 2.48. The average Bonchev–Trinajstić information content (AvgIpc) is 2.75. The largest absolute Gasteiger partial charge is 0.478 e. The molecule has 0 aliphatic carbocycles. The van der Waals surface area contributed by atoms with Crippen molar-refractivity contribution in [1.82, 2.24) is 4.98 Å². The third kappa shape index (κ3) is 2.56. The van der Waals surface area contributed by atoms with E-state index >= 15 is 0 Å². The second-order valence-electron chi connectivity index (χ2n) is 3.45.